The van der Waals surface area contributed by atoms with Crippen molar-refractivity contribution in [1.82, 2.24) is 39.6 Å². The predicted octanol–water partition coefficient (Wildman–Crippen LogP) is 3.59. The van der Waals surface area contributed by atoms with Gasteiger partial charge >= 0.3 is 6.03 Å². The van der Waals surface area contributed by atoms with Crippen LogP contribution in [0.25, 0.3) is 28.2 Å². The number of amides is 2. The lowest BCUT2D eigenvalue weighted by Gasteiger charge is -2.34. The van der Waals surface area contributed by atoms with Crippen molar-refractivity contribution < 1.29 is 9.53 Å². The Morgan fingerprint density at radius 3 is 2.64 bits per heavy atom. The average Bonchev–Trinajstić information content (AvgIpc) is 3.68. The average molecular weight is 552 g/mol. The molecule has 4 aromatic rings. The second-order valence-corrected chi connectivity index (χ2v) is 10.3. The monoisotopic (exact) mass is 551 g/mol. The molecule has 0 radical (unpaired) electrons. The number of hydrogen-bond donors (Lipinski definition) is 1. The molecular formula is C27H34ClN9O2. The molecule has 0 bridgehead atoms. The summed E-state index contributed by atoms with van der Waals surface area (Å²) in [4.78, 5) is 29.1. The third-order valence-corrected chi connectivity index (χ3v) is 7.56. The van der Waals surface area contributed by atoms with Gasteiger partial charge in [0, 0.05) is 43.5 Å². The van der Waals surface area contributed by atoms with Gasteiger partial charge in [0.15, 0.2) is 11.5 Å². The molecule has 39 heavy (non-hydrogen) atoms. The van der Waals surface area contributed by atoms with Gasteiger partial charge in [0.25, 0.3) is 0 Å². The molecule has 2 fully saturated rings. The number of anilines is 1. The van der Waals surface area contributed by atoms with Crippen molar-refractivity contribution in [1.29, 1.82) is 0 Å². The molecule has 2 aliphatic rings. The van der Waals surface area contributed by atoms with Crippen LogP contribution >= 0.6 is 12.4 Å². The first-order valence-corrected chi connectivity index (χ1v) is 13.2. The second-order valence-electron chi connectivity index (χ2n) is 10.3. The van der Waals surface area contributed by atoms with E-state index in [1.807, 2.05) is 52.5 Å². The summed E-state index contributed by atoms with van der Waals surface area (Å²) in [5.41, 5.74) is 3.54. The molecule has 2 saturated heterocycles. The lowest BCUT2D eigenvalue weighted by atomic mass is 10.0. The van der Waals surface area contributed by atoms with Crippen LogP contribution in [0.1, 0.15) is 20.8 Å². The molecule has 0 saturated carbocycles. The van der Waals surface area contributed by atoms with E-state index in [1.54, 1.807) is 4.52 Å². The number of morpholine rings is 1. The van der Waals surface area contributed by atoms with Gasteiger partial charge in [0.1, 0.15) is 12.1 Å². The number of aromatic nitrogens is 6. The molecular weight excluding hydrogens is 518 g/mol. The van der Waals surface area contributed by atoms with Gasteiger partial charge < -0.3 is 9.64 Å². The van der Waals surface area contributed by atoms with Gasteiger partial charge in [0.2, 0.25) is 0 Å². The molecule has 0 aliphatic carbocycles. The van der Waals surface area contributed by atoms with Gasteiger partial charge in [-0.15, -0.1) is 12.4 Å². The van der Waals surface area contributed by atoms with Crippen LogP contribution < -0.4 is 4.90 Å². The van der Waals surface area contributed by atoms with Crippen LogP contribution in [-0.2, 0) is 4.74 Å². The maximum absolute atomic E-state index is 13.7. The van der Waals surface area contributed by atoms with Crippen molar-refractivity contribution in [3.63, 3.8) is 0 Å². The molecule has 1 N–H and O–H groups in total. The minimum absolute atomic E-state index is 0. The third kappa shape index (κ3) is 5.21. The lowest BCUT2D eigenvalue weighted by Crippen LogP contribution is -2.48. The van der Waals surface area contributed by atoms with E-state index >= 15 is 0 Å². The number of H-pyrrole nitrogens is 1. The SMILES string of the molecule is CCN1CCO[C@@H](CN2C[C@H](C(C)C)N(c3ccn4ncc(-c5ccc(-c6ncn[nH]6)cc5)c4n3)C2=O)C1.Cl. The molecule has 2 amide bonds. The van der Waals surface area contributed by atoms with Crippen molar-refractivity contribution in [3.8, 4) is 22.5 Å². The Labute approximate surface area is 233 Å². The first kappa shape index (κ1) is 27.0. The van der Waals surface area contributed by atoms with E-state index in [2.05, 4.69) is 46.0 Å². The van der Waals surface area contributed by atoms with Crippen molar-refractivity contribution in [2.75, 3.05) is 44.2 Å². The summed E-state index contributed by atoms with van der Waals surface area (Å²) in [6.07, 6.45) is 5.21. The summed E-state index contributed by atoms with van der Waals surface area (Å²) >= 11 is 0. The molecule has 206 valence electrons. The molecule has 3 aromatic heterocycles. The maximum Gasteiger partial charge on any atom is 0.326 e. The van der Waals surface area contributed by atoms with E-state index in [4.69, 9.17) is 9.72 Å². The number of benzene rings is 1. The standard InChI is InChI=1S/C27H33N9O2.ClH/c1-4-33-11-12-38-21(14-33)15-34-16-23(18(2)3)36(27(34)37)24-9-10-35-26(31-24)22(13-30-35)19-5-7-20(8-6-19)25-28-17-29-32-25;/h5-10,13,17-18,21,23H,4,11-12,14-16H2,1-3H3,(H,28,29,32);1H/t21-,23-;/m1./s1. The van der Waals surface area contributed by atoms with Gasteiger partial charge in [-0.1, -0.05) is 45.0 Å². The molecule has 1 aromatic carbocycles. The minimum atomic E-state index is -0.0183. The van der Waals surface area contributed by atoms with E-state index in [9.17, 15) is 4.79 Å². The highest BCUT2D eigenvalue weighted by Crippen LogP contribution is 2.31. The molecule has 11 nitrogen and oxygen atoms in total. The van der Waals surface area contributed by atoms with Crippen molar-refractivity contribution in [3.05, 3.63) is 49.1 Å². The van der Waals surface area contributed by atoms with Crippen LogP contribution in [0.5, 0.6) is 0 Å². The third-order valence-electron chi connectivity index (χ3n) is 7.56. The first-order valence-electron chi connectivity index (χ1n) is 13.2. The normalized spacial score (nSPS) is 20.3. The first-order chi connectivity index (χ1) is 18.5. The largest absolute Gasteiger partial charge is 0.374 e. The fraction of sp³-hybridized carbons (Fsp3) is 0.444. The quantitative estimate of drug-likeness (QED) is 0.374. The second kappa shape index (κ2) is 11.3. The molecule has 12 heteroatoms. The number of likely N-dealkylation sites (N-methyl/N-ethyl adjacent to an activating group) is 1. The van der Waals surface area contributed by atoms with Crippen LogP contribution in [0.3, 0.4) is 0 Å². The Bertz CT molecular complexity index is 1410. The Balaban J connectivity index is 0.00000308. The number of urea groups is 1. The number of carbonyl (C=O) groups excluding carboxylic acids is 1. The van der Waals surface area contributed by atoms with Crippen molar-refractivity contribution >= 4 is 29.9 Å². The number of carbonyl (C=O) groups is 1. The van der Waals surface area contributed by atoms with Crippen molar-refractivity contribution in [2.45, 2.75) is 32.9 Å². The number of fused-ring (bicyclic) bond motifs is 1. The smallest absolute Gasteiger partial charge is 0.326 e. The van der Waals surface area contributed by atoms with Gasteiger partial charge in [0.05, 0.1) is 24.9 Å². The molecule has 5 heterocycles. The predicted molar refractivity (Wildman–Crippen MR) is 151 cm³/mol. The summed E-state index contributed by atoms with van der Waals surface area (Å²) in [6.45, 7) is 11.2. The zero-order valence-electron chi connectivity index (χ0n) is 22.4. The van der Waals surface area contributed by atoms with E-state index < -0.39 is 0 Å². The van der Waals surface area contributed by atoms with E-state index in [-0.39, 0.29) is 36.5 Å². The van der Waals surface area contributed by atoms with Crippen LogP contribution in [-0.4, -0.2) is 97.1 Å². The summed E-state index contributed by atoms with van der Waals surface area (Å²) in [7, 11) is 0. The fourth-order valence-corrected chi connectivity index (χ4v) is 5.38. The molecule has 0 spiro atoms. The van der Waals surface area contributed by atoms with Crippen molar-refractivity contribution in [2.24, 2.45) is 5.92 Å². The maximum atomic E-state index is 13.7. The number of ether oxygens (including phenoxy) is 1. The highest BCUT2D eigenvalue weighted by atomic mass is 35.5. The van der Waals surface area contributed by atoms with Gasteiger partial charge in [-0.25, -0.2) is 19.3 Å². The number of nitrogens with zero attached hydrogens (tertiary/aromatic N) is 8. The summed E-state index contributed by atoms with van der Waals surface area (Å²) in [5, 5.41) is 11.3. The van der Waals surface area contributed by atoms with Gasteiger partial charge in [-0.05, 0) is 24.1 Å². The molecule has 2 atom stereocenters. The topological polar surface area (TPSA) is 108 Å². The number of hydrogen-bond acceptors (Lipinski definition) is 7. The zero-order chi connectivity index (χ0) is 26.2. The van der Waals surface area contributed by atoms with Gasteiger partial charge in [-0.3, -0.25) is 14.9 Å². The van der Waals surface area contributed by atoms with Gasteiger partial charge in [-0.2, -0.15) is 10.2 Å². The van der Waals surface area contributed by atoms with E-state index in [0.717, 1.165) is 42.1 Å². The van der Waals surface area contributed by atoms with E-state index in [0.29, 0.717) is 31.2 Å². The molecule has 0 unspecified atom stereocenters. The highest BCUT2D eigenvalue weighted by molar-refractivity contribution is 5.94. The van der Waals surface area contributed by atoms with Crippen LogP contribution in [0.2, 0.25) is 0 Å². The Hall–Kier alpha value is -3.54. The van der Waals surface area contributed by atoms with E-state index in [1.165, 1.54) is 6.33 Å². The Kier molecular flexibility index (Phi) is 7.83. The van der Waals surface area contributed by atoms with Crippen LogP contribution in [0.15, 0.2) is 49.1 Å². The zero-order valence-corrected chi connectivity index (χ0v) is 23.2. The molecule has 6 rings (SSSR count). The number of nitrogens with one attached hydrogen (secondary N) is 1. The Morgan fingerprint density at radius 1 is 1.13 bits per heavy atom. The summed E-state index contributed by atoms with van der Waals surface area (Å²) < 4.78 is 7.76. The number of halogens is 1. The number of aromatic amines is 1. The lowest BCUT2D eigenvalue weighted by molar-refractivity contribution is -0.0355. The molecule has 2 aliphatic heterocycles. The highest BCUT2D eigenvalue weighted by Gasteiger charge is 2.41. The summed E-state index contributed by atoms with van der Waals surface area (Å²) in [6, 6.07) is 9.91. The summed E-state index contributed by atoms with van der Waals surface area (Å²) in [5.74, 6) is 1.63. The Morgan fingerprint density at radius 2 is 1.92 bits per heavy atom. The van der Waals surface area contributed by atoms with Crippen LogP contribution in [0.4, 0.5) is 10.6 Å². The fourth-order valence-electron chi connectivity index (χ4n) is 5.38. The number of rotatable bonds is 7. The minimum Gasteiger partial charge on any atom is -0.374 e. The van der Waals surface area contributed by atoms with Crippen LogP contribution in [0, 0.1) is 5.92 Å².